The monoisotopic (exact) mass is 434 g/mol. The molecule has 0 saturated carbocycles. The van der Waals surface area contributed by atoms with E-state index < -0.39 is 11.7 Å². The molecule has 2 aliphatic heterocycles. The zero-order valence-electron chi connectivity index (χ0n) is 17.4. The molecule has 1 unspecified atom stereocenters. The first-order valence-corrected chi connectivity index (χ1v) is 10.4. The van der Waals surface area contributed by atoms with Gasteiger partial charge in [-0.05, 0) is 31.0 Å². The Bertz CT molecular complexity index is 987. The van der Waals surface area contributed by atoms with Crippen LogP contribution >= 0.6 is 0 Å². The highest BCUT2D eigenvalue weighted by atomic mass is 19.4. The zero-order valence-corrected chi connectivity index (χ0v) is 17.4. The Labute approximate surface area is 178 Å². The van der Waals surface area contributed by atoms with Crippen molar-refractivity contribution in [3.8, 4) is 0 Å². The van der Waals surface area contributed by atoms with Gasteiger partial charge in [0.05, 0.1) is 17.3 Å². The van der Waals surface area contributed by atoms with E-state index in [0.29, 0.717) is 37.2 Å². The van der Waals surface area contributed by atoms with Crippen molar-refractivity contribution in [3.05, 3.63) is 53.3 Å². The third kappa shape index (κ3) is 4.51. The number of ketones is 1. The maximum Gasteiger partial charge on any atom is 0.416 e. The van der Waals surface area contributed by atoms with Crippen LogP contribution in [0, 0.1) is 5.41 Å². The fraction of sp³-hybridized carbons (Fsp3) is 0.500. The molecule has 2 aromatic rings. The topological polar surface area (TPSA) is 58.4 Å². The Morgan fingerprint density at radius 2 is 1.94 bits per heavy atom. The Balaban J connectivity index is 1.37. The number of halogens is 3. The summed E-state index contributed by atoms with van der Waals surface area (Å²) in [4.78, 5) is 28.5. The quantitative estimate of drug-likeness (QED) is 0.681. The van der Waals surface area contributed by atoms with Gasteiger partial charge in [-0.25, -0.2) is 4.79 Å². The van der Waals surface area contributed by atoms with Crippen LogP contribution in [0.2, 0.25) is 0 Å². The summed E-state index contributed by atoms with van der Waals surface area (Å²) < 4.78 is 40.1. The number of hydrogen-bond donors (Lipinski definition) is 0. The lowest BCUT2D eigenvalue weighted by molar-refractivity contribution is -0.137. The van der Waals surface area contributed by atoms with E-state index in [1.165, 1.54) is 29.2 Å². The van der Waals surface area contributed by atoms with Gasteiger partial charge in [0.25, 0.3) is 0 Å². The van der Waals surface area contributed by atoms with Gasteiger partial charge >= 0.3 is 12.2 Å². The maximum absolute atomic E-state index is 13.0. The summed E-state index contributed by atoms with van der Waals surface area (Å²) in [6.07, 6.45) is 0.654. The van der Waals surface area contributed by atoms with Crippen LogP contribution in [0.15, 0.2) is 36.7 Å². The van der Waals surface area contributed by atoms with Crippen LogP contribution in [0.3, 0.4) is 0 Å². The van der Waals surface area contributed by atoms with E-state index >= 15 is 0 Å². The predicted octanol–water partition coefficient (Wildman–Crippen LogP) is 4.06. The number of rotatable bonds is 4. The van der Waals surface area contributed by atoms with Gasteiger partial charge in [0.15, 0.2) is 5.78 Å². The maximum atomic E-state index is 13.0. The third-order valence-corrected chi connectivity index (χ3v) is 6.31. The van der Waals surface area contributed by atoms with E-state index in [1.807, 2.05) is 0 Å². The Morgan fingerprint density at radius 1 is 1.16 bits per heavy atom. The number of carbonyl (C=O) groups is 2. The summed E-state index contributed by atoms with van der Waals surface area (Å²) in [7, 11) is 0. The van der Waals surface area contributed by atoms with Crippen molar-refractivity contribution in [2.24, 2.45) is 5.41 Å². The molecule has 0 aliphatic carbocycles. The van der Waals surface area contributed by atoms with Crippen molar-refractivity contribution in [2.75, 3.05) is 26.2 Å². The summed E-state index contributed by atoms with van der Waals surface area (Å²) in [5, 5.41) is 4.05. The van der Waals surface area contributed by atoms with E-state index in [2.05, 4.69) is 10.00 Å². The Morgan fingerprint density at radius 3 is 2.68 bits per heavy atom. The molecule has 3 heterocycles. The van der Waals surface area contributed by atoms with Crippen molar-refractivity contribution >= 4 is 11.8 Å². The summed E-state index contributed by atoms with van der Waals surface area (Å²) in [5.74, 6) is -0.0574. The second kappa shape index (κ2) is 8.11. The first-order chi connectivity index (χ1) is 14.7. The average molecular weight is 434 g/mol. The molecule has 0 bridgehead atoms. The van der Waals surface area contributed by atoms with E-state index in [-0.39, 0.29) is 17.2 Å². The summed E-state index contributed by atoms with van der Waals surface area (Å²) >= 11 is 0. The molecule has 31 heavy (non-hydrogen) atoms. The van der Waals surface area contributed by atoms with Crippen molar-refractivity contribution in [1.82, 2.24) is 19.6 Å². The highest BCUT2D eigenvalue weighted by Crippen LogP contribution is 2.40. The largest absolute Gasteiger partial charge is 0.416 e. The molecule has 0 N–H and O–H groups in total. The number of carbonyl (C=O) groups excluding carboxylic acids is 2. The molecule has 6 nitrogen and oxygen atoms in total. The molecular weight excluding hydrogens is 409 g/mol. The minimum Gasteiger partial charge on any atom is -0.322 e. The minimum atomic E-state index is -4.34. The van der Waals surface area contributed by atoms with Gasteiger partial charge < -0.3 is 4.90 Å². The van der Waals surface area contributed by atoms with E-state index in [1.54, 1.807) is 17.9 Å². The molecule has 2 fully saturated rings. The Kier molecular flexibility index (Phi) is 5.63. The Hall–Kier alpha value is -2.68. The summed E-state index contributed by atoms with van der Waals surface area (Å²) in [6, 6.07) is 5.22. The van der Waals surface area contributed by atoms with Crippen LogP contribution in [0.4, 0.5) is 18.0 Å². The van der Waals surface area contributed by atoms with Gasteiger partial charge in [0, 0.05) is 44.2 Å². The van der Waals surface area contributed by atoms with Gasteiger partial charge in [-0.2, -0.15) is 23.0 Å². The molecule has 9 heteroatoms. The lowest BCUT2D eigenvalue weighted by Crippen LogP contribution is -2.36. The number of amides is 1. The van der Waals surface area contributed by atoms with Crippen LogP contribution in [-0.2, 0) is 12.7 Å². The number of hydrogen-bond acceptors (Lipinski definition) is 4. The number of benzene rings is 1. The number of alkyl halides is 3. The second-order valence-corrected chi connectivity index (χ2v) is 8.56. The number of Topliss-reactive ketones (excluding diaryl/α,β-unsaturated/α-hetero) is 1. The first-order valence-electron chi connectivity index (χ1n) is 10.4. The number of aromatic nitrogens is 2. The second-order valence-electron chi connectivity index (χ2n) is 8.56. The third-order valence-electron chi connectivity index (χ3n) is 6.31. The molecular formula is C22H25F3N4O2. The fourth-order valence-corrected chi connectivity index (χ4v) is 4.62. The van der Waals surface area contributed by atoms with Crippen molar-refractivity contribution in [1.29, 1.82) is 0 Å². The standard InChI is InChI=1S/C22H25F3N4O2/c1-2-19(30)17-11-26-29(13-17)20(31)28-9-7-21(15-28)6-8-27(14-21)12-16-4-3-5-18(10-16)22(23,24)25/h3-5,10-11,13H,2,6-9,12,14-15H2,1H3. The van der Waals surface area contributed by atoms with E-state index in [9.17, 15) is 22.8 Å². The van der Waals surface area contributed by atoms with Gasteiger partial charge in [-0.3, -0.25) is 9.69 Å². The molecule has 1 amide bonds. The van der Waals surface area contributed by atoms with Crippen LogP contribution in [0.25, 0.3) is 0 Å². The van der Waals surface area contributed by atoms with Crippen molar-refractivity contribution in [2.45, 2.75) is 38.9 Å². The SMILES string of the molecule is CCC(=O)c1cnn(C(=O)N2CCC3(CCN(Cc4cccc(C(F)(F)F)c4)C3)C2)c1. The molecule has 2 aliphatic rings. The van der Waals surface area contributed by atoms with Crippen molar-refractivity contribution in [3.63, 3.8) is 0 Å². The highest BCUT2D eigenvalue weighted by molar-refractivity contribution is 5.96. The first kappa shape index (κ1) is 21.5. The van der Waals surface area contributed by atoms with Crippen LogP contribution in [0.1, 0.15) is 47.7 Å². The van der Waals surface area contributed by atoms with Crippen LogP contribution in [-0.4, -0.2) is 57.6 Å². The van der Waals surface area contributed by atoms with E-state index in [4.69, 9.17) is 0 Å². The normalized spacial score (nSPS) is 21.9. The number of likely N-dealkylation sites (tertiary alicyclic amines) is 2. The average Bonchev–Trinajstić information content (AvgIpc) is 3.47. The lowest BCUT2D eigenvalue weighted by atomic mass is 9.86. The van der Waals surface area contributed by atoms with Gasteiger partial charge in [-0.15, -0.1) is 0 Å². The predicted molar refractivity (Wildman–Crippen MR) is 108 cm³/mol. The smallest absolute Gasteiger partial charge is 0.322 e. The lowest BCUT2D eigenvalue weighted by Gasteiger charge is -2.25. The number of nitrogens with zero attached hydrogens (tertiary/aromatic N) is 4. The van der Waals surface area contributed by atoms with Gasteiger partial charge in [0.1, 0.15) is 0 Å². The molecule has 4 rings (SSSR count). The molecule has 2 saturated heterocycles. The van der Waals surface area contributed by atoms with E-state index in [0.717, 1.165) is 32.0 Å². The van der Waals surface area contributed by atoms with Gasteiger partial charge in [0.2, 0.25) is 0 Å². The molecule has 1 aromatic carbocycles. The van der Waals surface area contributed by atoms with Crippen molar-refractivity contribution < 1.29 is 22.8 Å². The highest BCUT2D eigenvalue weighted by Gasteiger charge is 2.45. The molecule has 166 valence electrons. The molecule has 0 radical (unpaired) electrons. The van der Waals surface area contributed by atoms with Crippen LogP contribution < -0.4 is 0 Å². The van der Waals surface area contributed by atoms with Gasteiger partial charge in [-0.1, -0.05) is 25.1 Å². The molecule has 1 spiro atoms. The molecule has 1 atom stereocenters. The minimum absolute atomic E-state index is 0.0491. The summed E-state index contributed by atoms with van der Waals surface area (Å²) in [6.45, 7) is 4.94. The fourth-order valence-electron chi connectivity index (χ4n) is 4.62. The van der Waals surface area contributed by atoms with Crippen LogP contribution in [0.5, 0.6) is 0 Å². The summed E-state index contributed by atoms with van der Waals surface area (Å²) in [5.41, 5.74) is 0.393. The zero-order chi connectivity index (χ0) is 22.2. The molecule has 1 aromatic heterocycles.